The smallest absolute Gasteiger partial charge is 0.303 e. The van der Waals surface area contributed by atoms with Gasteiger partial charge in [-0.25, -0.2) is 0 Å². The average Bonchev–Trinajstić information content (AvgIpc) is 2.52. The first-order valence-corrected chi connectivity index (χ1v) is 8.82. The summed E-state index contributed by atoms with van der Waals surface area (Å²) in [5.74, 6) is -0.516. The molecule has 1 N–H and O–H groups in total. The van der Waals surface area contributed by atoms with Gasteiger partial charge in [0.15, 0.2) is 0 Å². The summed E-state index contributed by atoms with van der Waals surface area (Å²) in [5, 5.41) is 2.94. The van der Waals surface area contributed by atoms with Gasteiger partial charge in [0.25, 0.3) is 0 Å². The number of amides is 1. The lowest BCUT2D eigenvalue weighted by atomic mass is 10.00. The molecule has 1 aromatic carbocycles. The average molecular weight is 349 g/mol. The molecular formula is C18H23NO4S. The molecule has 1 fully saturated rings. The van der Waals surface area contributed by atoms with Crippen molar-refractivity contribution in [3.8, 4) is 0 Å². The minimum absolute atomic E-state index is 0.122. The van der Waals surface area contributed by atoms with Gasteiger partial charge < -0.3 is 14.8 Å². The van der Waals surface area contributed by atoms with Gasteiger partial charge in [-0.2, -0.15) is 0 Å². The van der Waals surface area contributed by atoms with E-state index < -0.39 is 6.10 Å². The molecule has 24 heavy (non-hydrogen) atoms. The molecule has 5 nitrogen and oxygen atoms in total. The highest BCUT2D eigenvalue weighted by Crippen LogP contribution is 2.33. The number of carbonyl (C=O) groups excluding carboxylic acids is 2. The Bertz CT molecular complexity index is 578. The third-order valence-electron chi connectivity index (χ3n) is 3.66. The topological polar surface area (TPSA) is 64.6 Å². The molecule has 0 bridgehead atoms. The fraction of sp³-hybridized carbons (Fsp3) is 0.444. The maximum absolute atomic E-state index is 11.9. The number of carbonyl (C=O) groups is 2. The van der Waals surface area contributed by atoms with Crippen molar-refractivity contribution < 1.29 is 19.1 Å². The molecule has 1 aliphatic heterocycles. The van der Waals surface area contributed by atoms with Gasteiger partial charge in [-0.15, -0.1) is 6.58 Å². The molecule has 6 heteroatoms. The normalized spacial score (nSPS) is 26.4. The van der Waals surface area contributed by atoms with Gasteiger partial charge in [-0.1, -0.05) is 36.0 Å². The Morgan fingerprint density at radius 1 is 1.42 bits per heavy atom. The zero-order chi connectivity index (χ0) is 17.5. The van der Waals surface area contributed by atoms with Crippen LogP contribution in [0.3, 0.4) is 0 Å². The van der Waals surface area contributed by atoms with Gasteiger partial charge in [0, 0.05) is 24.7 Å². The lowest BCUT2D eigenvalue weighted by Crippen LogP contribution is -2.55. The van der Waals surface area contributed by atoms with E-state index in [1.165, 1.54) is 6.92 Å². The number of ether oxygens (including phenoxy) is 2. The summed E-state index contributed by atoms with van der Waals surface area (Å²) in [5.41, 5.74) is -0.122. The molecule has 0 saturated carbocycles. The number of nitrogens with one attached hydrogen (secondary N) is 1. The third-order valence-corrected chi connectivity index (χ3v) is 4.77. The summed E-state index contributed by atoms with van der Waals surface area (Å²) in [6, 6.07) is 9.65. The van der Waals surface area contributed by atoms with E-state index >= 15 is 0 Å². The minimum atomic E-state index is -0.496. The molecule has 1 amide bonds. The quantitative estimate of drug-likeness (QED) is 0.632. The third kappa shape index (κ3) is 5.39. The number of hydrogen-bond acceptors (Lipinski definition) is 5. The fourth-order valence-corrected chi connectivity index (χ4v) is 3.83. The maximum Gasteiger partial charge on any atom is 0.303 e. The zero-order valence-corrected chi connectivity index (χ0v) is 14.8. The van der Waals surface area contributed by atoms with Crippen LogP contribution in [0.15, 0.2) is 47.9 Å². The van der Waals surface area contributed by atoms with E-state index in [4.69, 9.17) is 9.47 Å². The second-order valence-corrected chi connectivity index (χ2v) is 6.91. The van der Waals surface area contributed by atoms with Crippen LogP contribution in [0.4, 0.5) is 0 Å². The summed E-state index contributed by atoms with van der Waals surface area (Å²) in [4.78, 5) is 24.4. The highest BCUT2D eigenvalue weighted by molar-refractivity contribution is 7.99. The van der Waals surface area contributed by atoms with E-state index in [-0.39, 0.29) is 35.9 Å². The fourth-order valence-electron chi connectivity index (χ4n) is 2.68. The highest BCUT2D eigenvalue weighted by atomic mass is 32.2. The van der Waals surface area contributed by atoms with Crippen molar-refractivity contribution in [2.24, 2.45) is 0 Å². The van der Waals surface area contributed by atoms with Crippen molar-refractivity contribution in [2.45, 2.75) is 55.3 Å². The summed E-state index contributed by atoms with van der Waals surface area (Å²) in [7, 11) is 0. The number of thioether (sulfide) groups is 1. The van der Waals surface area contributed by atoms with Crippen LogP contribution < -0.4 is 5.32 Å². The predicted octanol–water partition coefficient (Wildman–Crippen LogP) is 2.91. The Labute approximate surface area is 146 Å². The molecule has 1 aromatic rings. The van der Waals surface area contributed by atoms with Crippen molar-refractivity contribution in [2.75, 3.05) is 0 Å². The van der Waals surface area contributed by atoms with Crippen LogP contribution in [0.5, 0.6) is 0 Å². The van der Waals surface area contributed by atoms with E-state index in [0.29, 0.717) is 6.42 Å². The number of hydrogen-bond donors (Lipinski definition) is 1. The first kappa shape index (κ1) is 18.5. The van der Waals surface area contributed by atoms with E-state index in [2.05, 4.69) is 11.9 Å². The van der Waals surface area contributed by atoms with Crippen molar-refractivity contribution in [1.82, 2.24) is 5.32 Å². The Hall–Kier alpha value is -1.79. The second-order valence-electron chi connectivity index (χ2n) is 5.68. The molecule has 0 radical (unpaired) electrons. The summed E-state index contributed by atoms with van der Waals surface area (Å²) < 4.78 is 11.4. The van der Waals surface area contributed by atoms with Gasteiger partial charge >= 0.3 is 5.97 Å². The van der Waals surface area contributed by atoms with Crippen LogP contribution in [-0.4, -0.2) is 35.6 Å². The van der Waals surface area contributed by atoms with Crippen LogP contribution in [0.1, 0.15) is 26.7 Å². The van der Waals surface area contributed by atoms with Crippen LogP contribution in [0.25, 0.3) is 0 Å². The van der Waals surface area contributed by atoms with Gasteiger partial charge in [0.1, 0.15) is 11.5 Å². The summed E-state index contributed by atoms with van der Waals surface area (Å²) in [6.45, 7) is 6.79. The van der Waals surface area contributed by atoms with Crippen molar-refractivity contribution in [3.05, 3.63) is 43.0 Å². The zero-order valence-electron chi connectivity index (χ0n) is 13.9. The van der Waals surface area contributed by atoms with Gasteiger partial charge in [0.2, 0.25) is 5.91 Å². The largest absolute Gasteiger partial charge is 0.458 e. The van der Waals surface area contributed by atoms with Crippen LogP contribution >= 0.6 is 11.8 Å². The Balaban J connectivity index is 2.08. The molecule has 2 rings (SSSR count). The van der Waals surface area contributed by atoms with E-state index in [1.54, 1.807) is 17.8 Å². The first-order chi connectivity index (χ1) is 11.5. The standard InChI is InChI=1S/C18H23NO4S/c1-4-8-16(21)19-15-11-17(24-14-9-6-5-7-10-14)22-12(2)18(15)23-13(3)20/h4-7,9-10,12,15,17-18H,1,8,11H2,2-3H3,(H,19,21)/t12-,15-,17-,18+/m0/s1. The van der Waals surface area contributed by atoms with E-state index in [1.807, 2.05) is 37.3 Å². The molecule has 0 aliphatic carbocycles. The van der Waals surface area contributed by atoms with Crippen LogP contribution in [-0.2, 0) is 19.1 Å². The summed E-state index contributed by atoms with van der Waals surface area (Å²) in [6.07, 6.45) is 1.54. The number of benzene rings is 1. The van der Waals surface area contributed by atoms with Crippen molar-refractivity contribution in [1.29, 1.82) is 0 Å². The SMILES string of the molecule is C=CCC(=O)N[C@H]1C[C@H](Sc2ccccc2)O[C@@H](C)[C@H]1OC(C)=O. The molecule has 0 aromatic heterocycles. The molecule has 1 heterocycles. The Morgan fingerprint density at radius 2 is 2.12 bits per heavy atom. The maximum atomic E-state index is 11.9. The van der Waals surface area contributed by atoms with Gasteiger partial charge in [-0.3, -0.25) is 9.59 Å². The first-order valence-electron chi connectivity index (χ1n) is 7.94. The molecule has 4 atom stereocenters. The Kier molecular flexibility index (Phi) is 6.87. The molecule has 1 aliphatic rings. The summed E-state index contributed by atoms with van der Waals surface area (Å²) >= 11 is 1.60. The highest BCUT2D eigenvalue weighted by Gasteiger charge is 2.39. The molecular weight excluding hydrogens is 326 g/mol. The molecule has 1 saturated heterocycles. The molecule has 130 valence electrons. The lowest BCUT2D eigenvalue weighted by molar-refractivity contribution is -0.167. The minimum Gasteiger partial charge on any atom is -0.458 e. The van der Waals surface area contributed by atoms with Crippen LogP contribution in [0.2, 0.25) is 0 Å². The molecule has 0 unspecified atom stereocenters. The number of esters is 1. The van der Waals surface area contributed by atoms with E-state index in [0.717, 1.165) is 4.90 Å². The van der Waals surface area contributed by atoms with Crippen molar-refractivity contribution >= 4 is 23.6 Å². The van der Waals surface area contributed by atoms with Crippen molar-refractivity contribution in [3.63, 3.8) is 0 Å². The van der Waals surface area contributed by atoms with E-state index in [9.17, 15) is 9.59 Å². The monoisotopic (exact) mass is 349 g/mol. The van der Waals surface area contributed by atoms with Crippen LogP contribution in [0, 0.1) is 0 Å². The van der Waals surface area contributed by atoms with Gasteiger partial charge in [0.05, 0.1) is 12.1 Å². The Morgan fingerprint density at radius 3 is 2.75 bits per heavy atom. The van der Waals surface area contributed by atoms with Gasteiger partial charge in [-0.05, 0) is 19.1 Å². The number of rotatable bonds is 6. The lowest BCUT2D eigenvalue weighted by Gasteiger charge is -2.39. The second kappa shape index (κ2) is 8.89. The predicted molar refractivity (Wildman–Crippen MR) is 93.5 cm³/mol. The molecule has 0 spiro atoms.